The van der Waals surface area contributed by atoms with Crippen LogP contribution < -0.4 is 19.7 Å². The van der Waals surface area contributed by atoms with Crippen molar-refractivity contribution >= 4 is 34.2 Å². The molecule has 1 fully saturated rings. The van der Waals surface area contributed by atoms with Crippen molar-refractivity contribution in [3.8, 4) is 11.5 Å². The Morgan fingerprint density at radius 3 is 2.73 bits per heavy atom. The van der Waals surface area contributed by atoms with Crippen LogP contribution in [0.15, 0.2) is 54.7 Å². The summed E-state index contributed by atoms with van der Waals surface area (Å²) in [4.78, 5) is 33.0. The number of ether oxygens (including phenoxy) is 2. The minimum atomic E-state index is -0.277. The van der Waals surface area contributed by atoms with E-state index in [2.05, 4.69) is 10.3 Å². The number of rotatable bonds is 6. The van der Waals surface area contributed by atoms with E-state index in [1.807, 2.05) is 24.3 Å². The third-order valence-electron chi connectivity index (χ3n) is 5.01. The van der Waals surface area contributed by atoms with Crippen LogP contribution >= 0.6 is 0 Å². The minimum absolute atomic E-state index is 0.0508. The lowest BCUT2D eigenvalue weighted by Crippen LogP contribution is -2.37. The molecule has 2 heterocycles. The quantitative estimate of drug-likeness (QED) is 0.680. The summed E-state index contributed by atoms with van der Waals surface area (Å²) >= 11 is 0. The van der Waals surface area contributed by atoms with Gasteiger partial charge in [0.1, 0.15) is 18.0 Å². The minimum Gasteiger partial charge on any atom is -0.497 e. The maximum absolute atomic E-state index is 12.9. The molecule has 0 saturated carbocycles. The first-order valence-electron chi connectivity index (χ1n) is 9.53. The highest BCUT2D eigenvalue weighted by Gasteiger charge is 2.32. The lowest BCUT2D eigenvalue weighted by molar-refractivity contribution is -0.116. The molecule has 3 aromatic rings. The highest BCUT2D eigenvalue weighted by molar-refractivity contribution is 6.03. The number of aromatic nitrogens is 1. The van der Waals surface area contributed by atoms with Crippen LogP contribution in [0.5, 0.6) is 11.5 Å². The molecule has 30 heavy (non-hydrogen) atoms. The topological polar surface area (TPSA) is 84.0 Å². The van der Waals surface area contributed by atoms with Crippen molar-refractivity contribution in [1.82, 2.24) is 9.88 Å². The average Bonchev–Trinajstić information content (AvgIpc) is 3.13. The fourth-order valence-corrected chi connectivity index (χ4v) is 3.53. The van der Waals surface area contributed by atoms with E-state index in [9.17, 15) is 9.59 Å². The van der Waals surface area contributed by atoms with Crippen LogP contribution in [0.4, 0.5) is 16.2 Å². The highest BCUT2D eigenvalue weighted by Crippen LogP contribution is 2.34. The smallest absolute Gasteiger partial charge is 0.325 e. The van der Waals surface area contributed by atoms with Gasteiger partial charge in [-0.05, 0) is 24.3 Å². The Labute approximate surface area is 174 Å². The van der Waals surface area contributed by atoms with Gasteiger partial charge in [0.05, 0.1) is 31.1 Å². The molecule has 1 aliphatic heterocycles. The summed E-state index contributed by atoms with van der Waals surface area (Å²) in [5, 5.41) is 3.80. The molecule has 1 aliphatic rings. The molecule has 0 atom stereocenters. The Balaban J connectivity index is 1.48. The number of pyridine rings is 1. The molecule has 8 nitrogen and oxygen atoms in total. The molecule has 4 rings (SSSR count). The molecule has 2 aromatic carbocycles. The van der Waals surface area contributed by atoms with Crippen LogP contribution in [0.25, 0.3) is 10.9 Å². The van der Waals surface area contributed by atoms with Gasteiger partial charge >= 0.3 is 6.03 Å². The van der Waals surface area contributed by atoms with Crippen LogP contribution in [-0.4, -0.2) is 55.7 Å². The van der Waals surface area contributed by atoms with E-state index in [4.69, 9.17) is 9.47 Å². The zero-order valence-electron chi connectivity index (χ0n) is 16.8. The third-order valence-corrected chi connectivity index (χ3v) is 5.01. The van der Waals surface area contributed by atoms with Gasteiger partial charge in [0.15, 0.2) is 0 Å². The van der Waals surface area contributed by atoms with E-state index in [-0.39, 0.29) is 18.5 Å². The van der Waals surface area contributed by atoms with Crippen molar-refractivity contribution in [1.29, 1.82) is 0 Å². The summed E-state index contributed by atoms with van der Waals surface area (Å²) in [6, 6.07) is 14.4. The van der Waals surface area contributed by atoms with Crippen molar-refractivity contribution < 1.29 is 19.1 Å². The van der Waals surface area contributed by atoms with Crippen LogP contribution in [0.2, 0.25) is 0 Å². The number of benzene rings is 2. The zero-order chi connectivity index (χ0) is 21.1. The Kier molecular flexibility index (Phi) is 5.38. The molecule has 0 unspecified atom stereocenters. The Morgan fingerprint density at radius 1 is 1.10 bits per heavy atom. The summed E-state index contributed by atoms with van der Waals surface area (Å²) in [5.41, 5.74) is 1.95. The van der Waals surface area contributed by atoms with Crippen molar-refractivity contribution in [3.05, 3.63) is 54.7 Å². The number of nitrogens with zero attached hydrogens (tertiary/aromatic N) is 3. The van der Waals surface area contributed by atoms with Gasteiger partial charge in [-0.25, -0.2) is 4.79 Å². The molecule has 154 valence electrons. The summed E-state index contributed by atoms with van der Waals surface area (Å²) in [6.45, 7) is 0.830. The van der Waals surface area contributed by atoms with Crippen molar-refractivity contribution in [2.45, 2.75) is 0 Å². The molecule has 1 N–H and O–H groups in total. The first kappa shape index (κ1) is 19.5. The number of carbonyl (C=O) groups is 2. The molecule has 0 aliphatic carbocycles. The van der Waals surface area contributed by atoms with Crippen molar-refractivity contribution in [2.24, 2.45) is 0 Å². The predicted molar refractivity (Wildman–Crippen MR) is 114 cm³/mol. The predicted octanol–water partition coefficient (Wildman–Crippen LogP) is 3.13. The molecule has 0 radical (unpaired) electrons. The maximum atomic E-state index is 12.9. The number of methoxy groups -OCH3 is 2. The zero-order valence-corrected chi connectivity index (χ0v) is 16.8. The van der Waals surface area contributed by atoms with E-state index >= 15 is 0 Å². The fourth-order valence-electron chi connectivity index (χ4n) is 3.53. The molecule has 1 saturated heterocycles. The summed E-state index contributed by atoms with van der Waals surface area (Å²) < 4.78 is 10.7. The van der Waals surface area contributed by atoms with Gasteiger partial charge in [-0.3, -0.25) is 14.7 Å². The monoisotopic (exact) mass is 406 g/mol. The van der Waals surface area contributed by atoms with Crippen molar-refractivity contribution in [2.75, 3.05) is 44.1 Å². The number of hydrogen-bond donors (Lipinski definition) is 1. The maximum Gasteiger partial charge on any atom is 0.325 e. The number of anilines is 2. The van der Waals surface area contributed by atoms with Crippen LogP contribution in [0.1, 0.15) is 0 Å². The van der Waals surface area contributed by atoms with Gasteiger partial charge < -0.3 is 19.7 Å². The summed E-state index contributed by atoms with van der Waals surface area (Å²) in [5.74, 6) is 0.913. The first-order chi connectivity index (χ1) is 14.6. The number of carbonyl (C=O) groups excluding carboxylic acids is 2. The standard InChI is InChI=1S/C22H22N4O4/c1-29-16-8-9-19(30-2)18(13-16)26-12-11-25(22(26)28)14-20(27)24-17-7-3-5-15-6-4-10-23-21(15)17/h3-10,13H,11-12,14H2,1-2H3,(H,24,27). The molecule has 3 amide bonds. The summed E-state index contributed by atoms with van der Waals surface area (Å²) in [7, 11) is 3.12. The van der Waals surface area contributed by atoms with Crippen LogP contribution in [-0.2, 0) is 4.79 Å². The van der Waals surface area contributed by atoms with Gasteiger partial charge in [0.2, 0.25) is 5.91 Å². The number of hydrogen-bond acceptors (Lipinski definition) is 5. The second-order valence-corrected chi connectivity index (χ2v) is 6.82. The number of fused-ring (bicyclic) bond motifs is 1. The van der Waals surface area contributed by atoms with E-state index < -0.39 is 0 Å². The third kappa shape index (κ3) is 3.71. The number of nitrogens with one attached hydrogen (secondary N) is 1. The highest BCUT2D eigenvalue weighted by atomic mass is 16.5. The first-order valence-corrected chi connectivity index (χ1v) is 9.53. The number of amides is 3. The number of urea groups is 1. The van der Waals surface area contributed by atoms with Crippen LogP contribution in [0.3, 0.4) is 0 Å². The van der Waals surface area contributed by atoms with Crippen molar-refractivity contribution in [3.63, 3.8) is 0 Å². The van der Waals surface area contributed by atoms with Gasteiger partial charge in [0.25, 0.3) is 0 Å². The fraction of sp³-hybridized carbons (Fsp3) is 0.227. The summed E-state index contributed by atoms with van der Waals surface area (Å²) in [6.07, 6.45) is 1.68. The normalized spacial score (nSPS) is 13.6. The van der Waals surface area contributed by atoms with Gasteiger partial charge in [-0.1, -0.05) is 18.2 Å². The second-order valence-electron chi connectivity index (χ2n) is 6.82. The molecular formula is C22H22N4O4. The average molecular weight is 406 g/mol. The van der Waals surface area contributed by atoms with E-state index in [1.54, 1.807) is 49.6 Å². The van der Waals surface area contributed by atoms with E-state index in [0.717, 1.165) is 5.39 Å². The SMILES string of the molecule is COc1ccc(OC)c(N2CCN(CC(=O)Nc3cccc4cccnc34)C2=O)c1. The van der Waals surface area contributed by atoms with E-state index in [1.165, 1.54) is 4.90 Å². The molecule has 1 aromatic heterocycles. The Hall–Kier alpha value is -3.81. The Morgan fingerprint density at radius 2 is 1.93 bits per heavy atom. The molecule has 0 spiro atoms. The molecular weight excluding hydrogens is 384 g/mol. The van der Waals surface area contributed by atoms with Gasteiger partial charge in [-0.2, -0.15) is 0 Å². The molecule has 8 heteroatoms. The lowest BCUT2D eigenvalue weighted by atomic mass is 10.2. The van der Waals surface area contributed by atoms with Crippen LogP contribution in [0, 0.1) is 0 Å². The van der Waals surface area contributed by atoms with E-state index in [0.29, 0.717) is 41.5 Å². The Bertz CT molecular complexity index is 1100. The largest absolute Gasteiger partial charge is 0.497 e. The second kappa shape index (κ2) is 8.28. The lowest BCUT2D eigenvalue weighted by Gasteiger charge is -2.21. The molecule has 0 bridgehead atoms. The van der Waals surface area contributed by atoms with Gasteiger partial charge in [0, 0.05) is 30.7 Å². The van der Waals surface area contributed by atoms with Gasteiger partial charge in [-0.15, -0.1) is 0 Å². The number of para-hydroxylation sites is 1.